The van der Waals surface area contributed by atoms with Crippen LogP contribution in [0.25, 0.3) is 0 Å². The van der Waals surface area contributed by atoms with Crippen molar-refractivity contribution in [2.75, 3.05) is 0 Å². The van der Waals surface area contributed by atoms with E-state index in [1.165, 1.54) is 18.2 Å². The molecular formula is C14H19BrClNO3S. The number of hydrogen-bond donors (Lipinski definition) is 1. The lowest BCUT2D eigenvalue weighted by atomic mass is 9.95. The summed E-state index contributed by atoms with van der Waals surface area (Å²) in [6.45, 7) is 6.10. The number of rotatable bonds is 6. The van der Waals surface area contributed by atoms with Gasteiger partial charge in [-0.15, -0.1) is 0 Å². The van der Waals surface area contributed by atoms with E-state index >= 15 is 0 Å². The van der Waals surface area contributed by atoms with E-state index in [4.69, 9.17) is 10.7 Å². The van der Waals surface area contributed by atoms with Crippen LogP contribution in [0.5, 0.6) is 0 Å². The minimum absolute atomic E-state index is 0.00987. The van der Waals surface area contributed by atoms with Gasteiger partial charge in [0.15, 0.2) is 0 Å². The Morgan fingerprint density at radius 3 is 2.38 bits per heavy atom. The molecule has 0 aliphatic heterocycles. The SMILES string of the molecule is CCC(CC)C(C)NC(=O)c1cc(S(=O)(=O)Cl)ccc1Br. The van der Waals surface area contributed by atoms with Crippen molar-refractivity contribution in [3.8, 4) is 0 Å². The van der Waals surface area contributed by atoms with E-state index in [1.807, 2.05) is 6.92 Å². The largest absolute Gasteiger partial charge is 0.349 e. The molecule has 21 heavy (non-hydrogen) atoms. The third-order valence-corrected chi connectivity index (χ3v) is 5.62. The van der Waals surface area contributed by atoms with Crippen LogP contribution in [-0.4, -0.2) is 20.4 Å². The maximum absolute atomic E-state index is 12.3. The van der Waals surface area contributed by atoms with E-state index in [1.54, 1.807) is 0 Å². The second-order valence-corrected chi connectivity index (χ2v) is 8.34. The van der Waals surface area contributed by atoms with Crippen molar-refractivity contribution in [2.45, 2.75) is 44.6 Å². The fourth-order valence-electron chi connectivity index (χ4n) is 2.23. The predicted octanol–water partition coefficient (Wildman–Crippen LogP) is 3.93. The van der Waals surface area contributed by atoms with Gasteiger partial charge in [-0.05, 0) is 47.0 Å². The van der Waals surface area contributed by atoms with Crippen LogP contribution in [0.15, 0.2) is 27.6 Å². The van der Waals surface area contributed by atoms with Crippen molar-refractivity contribution >= 4 is 41.6 Å². The van der Waals surface area contributed by atoms with E-state index in [0.717, 1.165) is 12.8 Å². The summed E-state index contributed by atoms with van der Waals surface area (Å²) in [6.07, 6.45) is 1.93. The van der Waals surface area contributed by atoms with Gasteiger partial charge in [-0.2, -0.15) is 0 Å². The molecular weight excluding hydrogens is 378 g/mol. The fraction of sp³-hybridized carbons (Fsp3) is 0.500. The molecule has 1 aromatic carbocycles. The average Bonchev–Trinajstić information content (AvgIpc) is 2.39. The summed E-state index contributed by atoms with van der Waals surface area (Å²) < 4.78 is 23.2. The molecule has 0 aliphatic rings. The van der Waals surface area contributed by atoms with E-state index in [9.17, 15) is 13.2 Å². The number of halogens is 2. The smallest absolute Gasteiger partial charge is 0.261 e. The summed E-state index contributed by atoms with van der Waals surface area (Å²) in [4.78, 5) is 12.2. The van der Waals surface area contributed by atoms with Crippen LogP contribution >= 0.6 is 26.6 Å². The quantitative estimate of drug-likeness (QED) is 0.741. The first-order valence-corrected chi connectivity index (χ1v) is 9.86. The van der Waals surface area contributed by atoms with Crippen LogP contribution in [0.1, 0.15) is 44.0 Å². The van der Waals surface area contributed by atoms with Gasteiger partial charge in [0.25, 0.3) is 15.0 Å². The molecule has 0 fully saturated rings. The summed E-state index contributed by atoms with van der Waals surface area (Å²) in [6, 6.07) is 4.15. The molecule has 1 atom stereocenters. The highest BCUT2D eigenvalue weighted by atomic mass is 79.9. The van der Waals surface area contributed by atoms with Crippen molar-refractivity contribution in [3.63, 3.8) is 0 Å². The minimum Gasteiger partial charge on any atom is -0.349 e. The van der Waals surface area contributed by atoms with Gasteiger partial charge >= 0.3 is 0 Å². The molecule has 4 nitrogen and oxygen atoms in total. The first kappa shape index (κ1) is 18.5. The zero-order valence-corrected chi connectivity index (χ0v) is 15.3. The van der Waals surface area contributed by atoms with Crippen LogP contribution in [0, 0.1) is 5.92 Å². The van der Waals surface area contributed by atoms with Gasteiger partial charge in [-0.1, -0.05) is 26.7 Å². The Bertz CT molecular complexity index is 615. The van der Waals surface area contributed by atoms with E-state index in [-0.39, 0.29) is 22.4 Å². The highest BCUT2D eigenvalue weighted by Crippen LogP contribution is 2.24. The molecule has 0 saturated carbocycles. The predicted molar refractivity (Wildman–Crippen MR) is 88.2 cm³/mol. The number of amides is 1. The second-order valence-electron chi connectivity index (χ2n) is 4.92. The first-order valence-electron chi connectivity index (χ1n) is 6.75. The number of carbonyl (C=O) groups is 1. The molecule has 0 saturated heterocycles. The lowest BCUT2D eigenvalue weighted by Crippen LogP contribution is -2.37. The van der Waals surface area contributed by atoms with Gasteiger partial charge in [0.2, 0.25) is 0 Å². The maximum Gasteiger partial charge on any atom is 0.261 e. The summed E-state index contributed by atoms with van der Waals surface area (Å²) in [5, 5.41) is 2.91. The lowest BCUT2D eigenvalue weighted by Gasteiger charge is -2.22. The summed E-state index contributed by atoms with van der Waals surface area (Å²) in [5.41, 5.74) is 0.259. The normalized spacial score (nSPS) is 13.2. The lowest BCUT2D eigenvalue weighted by molar-refractivity contribution is 0.0924. The Kier molecular flexibility index (Phi) is 6.69. The highest BCUT2D eigenvalue weighted by Gasteiger charge is 2.20. The van der Waals surface area contributed by atoms with Crippen molar-refractivity contribution in [1.82, 2.24) is 5.32 Å². The van der Waals surface area contributed by atoms with E-state index in [0.29, 0.717) is 10.4 Å². The van der Waals surface area contributed by atoms with Crippen molar-refractivity contribution < 1.29 is 13.2 Å². The van der Waals surface area contributed by atoms with Gasteiger partial charge in [-0.25, -0.2) is 8.42 Å². The molecule has 0 radical (unpaired) electrons. The molecule has 1 rings (SSSR count). The van der Waals surface area contributed by atoms with Crippen molar-refractivity contribution in [1.29, 1.82) is 0 Å². The van der Waals surface area contributed by atoms with Crippen LogP contribution < -0.4 is 5.32 Å². The molecule has 7 heteroatoms. The molecule has 0 aliphatic carbocycles. The zero-order valence-electron chi connectivity index (χ0n) is 12.2. The van der Waals surface area contributed by atoms with Gasteiger partial charge < -0.3 is 5.32 Å². The average molecular weight is 397 g/mol. The van der Waals surface area contributed by atoms with Crippen LogP contribution in [0.4, 0.5) is 0 Å². The molecule has 0 heterocycles. The Hall–Kier alpha value is -0.590. The fourth-order valence-corrected chi connectivity index (χ4v) is 3.43. The monoisotopic (exact) mass is 395 g/mol. The van der Waals surface area contributed by atoms with Crippen LogP contribution in [0.3, 0.4) is 0 Å². The van der Waals surface area contributed by atoms with Crippen molar-refractivity contribution in [2.24, 2.45) is 5.92 Å². The highest BCUT2D eigenvalue weighted by molar-refractivity contribution is 9.10. The second kappa shape index (κ2) is 7.61. The van der Waals surface area contributed by atoms with Crippen LogP contribution in [0.2, 0.25) is 0 Å². The molecule has 1 unspecified atom stereocenters. The molecule has 118 valence electrons. The van der Waals surface area contributed by atoms with Gasteiger partial charge in [-0.3, -0.25) is 4.79 Å². The van der Waals surface area contributed by atoms with Gasteiger partial charge in [0.1, 0.15) is 0 Å². The van der Waals surface area contributed by atoms with Gasteiger partial charge in [0, 0.05) is 21.2 Å². The zero-order chi connectivity index (χ0) is 16.2. The Morgan fingerprint density at radius 1 is 1.33 bits per heavy atom. The Morgan fingerprint density at radius 2 is 1.90 bits per heavy atom. The molecule has 0 bridgehead atoms. The first-order chi connectivity index (χ1) is 9.70. The van der Waals surface area contributed by atoms with E-state index < -0.39 is 9.05 Å². The molecule has 1 amide bonds. The maximum atomic E-state index is 12.3. The Labute approximate surface area is 138 Å². The van der Waals surface area contributed by atoms with Crippen LogP contribution in [-0.2, 0) is 9.05 Å². The van der Waals surface area contributed by atoms with Gasteiger partial charge in [0.05, 0.1) is 10.5 Å². The number of benzene rings is 1. The summed E-state index contributed by atoms with van der Waals surface area (Å²) in [7, 11) is 1.46. The minimum atomic E-state index is -3.86. The Balaban J connectivity index is 3.02. The summed E-state index contributed by atoms with van der Waals surface area (Å²) >= 11 is 3.26. The standard InChI is InChI=1S/C14H19BrClNO3S/c1-4-10(5-2)9(3)17-14(18)12-8-11(21(16,19)20)6-7-13(12)15/h6-10H,4-5H2,1-3H3,(H,17,18). The third-order valence-electron chi connectivity index (χ3n) is 3.58. The number of hydrogen-bond acceptors (Lipinski definition) is 3. The molecule has 0 spiro atoms. The molecule has 1 aromatic rings. The number of nitrogens with one attached hydrogen (secondary N) is 1. The molecule has 0 aromatic heterocycles. The van der Waals surface area contributed by atoms with E-state index in [2.05, 4.69) is 35.1 Å². The summed E-state index contributed by atoms with van der Waals surface area (Å²) in [5.74, 6) is 0.0658. The third kappa shape index (κ3) is 4.97. The number of carbonyl (C=O) groups excluding carboxylic acids is 1. The van der Waals surface area contributed by atoms with Crippen molar-refractivity contribution in [3.05, 3.63) is 28.2 Å². The topological polar surface area (TPSA) is 63.2 Å². The molecule has 1 N–H and O–H groups in total.